The van der Waals surface area contributed by atoms with Crippen LogP contribution in [0.25, 0.3) is 0 Å². The number of hydrogen-bond acceptors (Lipinski definition) is 2. The van der Waals surface area contributed by atoms with E-state index < -0.39 is 17.7 Å². The molecule has 1 atom stereocenters. The van der Waals surface area contributed by atoms with E-state index in [9.17, 15) is 19.1 Å². The molecule has 0 saturated heterocycles. The van der Waals surface area contributed by atoms with Crippen LogP contribution in [0.15, 0.2) is 48.5 Å². The van der Waals surface area contributed by atoms with E-state index >= 15 is 0 Å². The van der Waals surface area contributed by atoms with Crippen LogP contribution in [-0.4, -0.2) is 16.9 Å². The monoisotopic (exact) mass is 306 g/mol. The van der Waals surface area contributed by atoms with Gasteiger partial charge in [-0.2, -0.15) is 0 Å². The minimum atomic E-state index is -1.16. The molecule has 0 fully saturated rings. The van der Waals surface area contributed by atoms with E-state index in [-0.39, 0.29) is 17.8 Å². The molecule has 0 radical (unpaired) electrons. The van der Waals surface area contributed by atoms with Crippen molar-refractivity contribution in [2.45, 2.75) is 12.3 Å². The van der Waals surface area contributed by atoms with Crippen molar-refractivity contribution in [3.05, 3.63) is 70.5 Å². The van der Waals surface area contributed by atoms with E-state index in [1.807, 2.05) is 0 Å². The largest absolute Gasteiger partial charge is 0.481 e. The summed E-state index contributed by atoms with van der Waals surface area (Å²) < 4.78 is 13.2. The molecule has 2 aromatic rings. The fraction of sp³-hybridized carbons (Fsp3) is 0.125. The minimum absolute atomic E-state index is 0.236. The highest BCUT2D eigenvalue weighted by atomic mass is 35.5. The maximum absolute atomic E-state index is 13.2. The van der Waals surface area contributed by atoms with Gasteiger partial charge in [-0.3, -0.25) is 9.59 Å². The molecule has 0 aliphatic rings. The van der Waals surface area contributed by atoms with E-state index in [1.165, 1.54) is 30.3 Å². The number of benzene rings is 2. The minimum Gasteiger partial charge on any atom is -0.481 e. The van der Waals surface area contributed by atoms with Gasteiger partial charge in [0.2, 0.25) is 0 Å². The SMILES string of the molecule is O=C(CC(C(=O)O)c1cccc(F)c1)c1ccc(Cl)cc1. The van der Waals surface area contributed by atoms with E-state index in [0.29, 0.717) is 10.6 Å². The van der Waals surface area contributed by atoms with Gasteiger partial charge in [0.05, 0.1) is 5.92 Å². The second-order valence-electron chi connectivity index (χ2n) is 4.58. The number of carboxylic acid groups (broad SMARTS) is 1. The third kappa shape index (κ3) is 3.89. The fourth-order valence-electron chi connectivity index (χ4n) is 2.01. The number of carbonyl (C=O) groups excluding carboxylic acids is 1. The van der Waals surface area contributed by atoms with Crippen molar-refractivity contribution in [3.63, 3.8) is 0 Å². The van der Waals surface area contributed by atoms with Gasteiger partial charge in [0.15, 0.2) is 5.78 Å². The molecule has 0 aliphatic carbocycles. The lowest BCUT2D eigenvalue weighted by atomic mass is 9.91. The lowest BCUT2D eigenvalue weighted by Gasteiger charge is -2.12. The third-order valence-electron chi connectivity index (χ3n) is 3.10. The number of ketones is 1. The summed E-state index contributed by atoms with van der Waals surface area (Å²) in [5, 5.41) is 9.75. The van der Waals surface area contributed by atoms with Crippen LogP contribution in [0.5, 0.6) is 0 Å². The predicted octanol–water partition coefficient (Wildman–Crippen LogP) is 3.92. The smallest absolute Gasteiger partial charge is 0.311 e. The summed E-state index contributed by atoms with van der Waals surface area (Å²) in [7, 11) is 0. The number of halogens is 2. The first-order valence-electron chi connectivity index (χ1n) is 6.24. The summed E-state index contributed by atoms with van der Waals surface area (Å²) in [6.45, 7) is 0. The zero-order valence-corrected chi connectivity index (χ0v) is 11.7. The van der Waals surface area contributed by atoms with Crippen molar-refractivity contribution in [1.82, 2.24) is 0 Å². The molecule has 0 spiro atoms. The molecule has 0 heterocycles. The van der Waals surface area contributed by atoms with Gasteiger partial charge in [-0.25, -0.2) is 4.39 Å². The molecule has 3 nitrogen and oxygen atoms in total. The summed E-state index contributed by atoms with van der Waals surface area (Å²) in [5.41, 5.74) is 0.645. The molecule has 0 bridgehead atoms. The van der Waals surface area contributed by atoms with E-state index in [2.05, 4.69) is 0 Å². The van der Waals surface area contributed by atoms with Crippen LogP contribution >= 0.6 is 11.6 Å². The Morgan fingerprint density at radius 3 is 2.38 bits per heavy atom. The van der Waals surface area contributed by atoms with Crippen LogP contribution in [-0.2, 0) is 4.79 Å². The van der Waals surface area contributed by atoms with Crippen molar-refractivity contribution in [3.8, 4) is 0 Å². The topological polar surface area (TPSA) is 54.4 Å². The Bertz CT molecular complexity index is 667. The lowest BCUT2D eigenvalue weighted by molar-refractivity contribution is -0.138. The maximum atomic E-state index is 13.2. The summed E-state index contributed by atoms with van der Waals surface area (Å²) in [6, 6.07) is 11.5. The Morgan fingerprint density at radius 1 is 1.14 bits per heavy atom. The number of carboxylic acids is 1. The highest BCUT2D eigenvalue weighted by Gasteiger charge is 2.24. The van der Waals surface area contributed by atoms with Gasteiger partial charge in [0.25, 0.3) is 0 Å². The van der Waals surface area contributed by atoms with Crippen molar-refractivity contribution in [2.24, 2.45) is 0 Å². The molecular formula is C16H12ClFO3. The van der Waals surface area contributed by atoms with Crippen molar-refractivity contribution >= 4 is 23.4 Å². The van der Waals surface area contributed by atoms with E-state index in [4.69, 9.17) is 11.6 Å². The number of rotatable bonds is 5. The average molecular weight is 307 g/mol. The fourth-order valence-corrected chi connectivity index (χ4v) is 2.14. The summed E-state index contributed by atoms with van der Waals surface area (Å²) in [4.78, 5) is 23.5. The summed E-state index contributed by atoms with van der Waals surface area (Å²) in [5.74, 6) is -3.10. The van der Waals surface area contributed by atoms with Crippen LogP contribution in [0, 0.1) is 5.82 Å². The molecule has 5 heteroatoms. The highest BCUT2D eigenvalue weighted by Crippen LogP contribution is 2.23. The number of aliphatic carboxylic acids is 1. The Balaban J connectivity index is 2.22. The molecule has 108 valence electrons. The summed E-state index contributed by atoms with van der Waals surface area (Å²) in [6.07, 6.45) is -0.236. The molecule has 1 unspecified atom stereocenters. The highest BCUT2D eigenvalue weighted by molar-refractivity contribution is 6.30. The van der Waals surface area contributed by atoms with Gasteiger partial charge in [-0.05, 0) is 42.0 Å². The zero-order chi connectivity index (χ0) is 15.4. The van der Waals surface area contributed by atoms with Gasteiger partial charge >= 0.3 is 5.97 Å². The van der Waals surface area contributed by atoms with Crippen LogP contribution < -0.4 is 0 Å². The van der Waals surface area contributed by atoms with Crippen molar-refractivity contribution < 1.29 is 19.1 Å². The molecule has 1 N–H and O–H groups in total. The van der Waals surface area contributed by atoms with Crippen molar-refractivity contribution in [2.75, 3.05) is 0 Å². The quantitative estimate of drug-likeness (QED) is 0.852. The number of carbonyl (C=O) groups is 2. The Morgan fingerprint density at radius 2 is 1.81 bits per heavy atom. The molecule has 0 aliphatic heterocycles. The number of Topliss-reactive ketones (excluding diaryl/α,β-unsaturated/α-hetero) is 1. The molecule has 0 amide bonds. The first kappa shape index (κ1) is 15.2. The normalized spacial score (nSPS) is 11.9. The molecule has 0 aromatic heterocycles. The van der Waals surface area contributed by atoms with Gasteiger partial charge in [-0.1, -0.05) is 23.7 Å². The second kappa shape index (κ2) is 6.50. The van der Waals surface area contributed by atoms with E-state index in [0.717, 1.165) is 6.07 Å². The van der Waals surface area contributed by atoms with Gasteiger partial charge in [0.1, 0.15) is 5.82 Å². The van der Waals surface area contributed by atoms with Crippen LogP contribution in [0.1, 0.15) is 28.3 Å². The van der Waals surface area contributed by atoms with Gasteiger partial charge in [-0.15, -0.1) is 0 Å². The maximum Gasteiger partial charge on any atom is 0.311 e. The van der Waals surface area contributed by atoms with E-state index in [1.54, 1.807) is 12.1 Å². The molecule has 2 rings (SSSR count). The first-order chi connectivity index (χ1) is 9.97. The molecular weight excluding hydrogens is 295 g/mol. The van der Waals surface area contributed by atoms with Crippen LogP contribution in [0.2, 0.25) is 5.02 Å². The lowest BCUT2D eigenvalue weighted by Crippen LogP contribution is -2.16. The van der Waals surface area contributed by atoms with Crippen LogP contribution in [0.4, 0.5) is 4.39 Å². The van der Waals surface area contributed by atoms with Crippen LogP contribution in [0.3, 0.4) is 0 Å². The molecule has 2 aromatic carbocycles. The Hall–Kier alpha value is -2.20. The van der Waals surface area contributed by atoms with Gasteiger partial charge < -0.3 is 5.11 Å². The second-order valence-corrected chi connectivity index (χ2v) is 5.02. The standard InChI is InChI=1S/C16H12ClFO3/c17-12-6-4-10(5-7-12)15(19)9-14(16(20)21)11-2-1-3-13(18)8-11/h1-8,14H,9H2,(H,20,21). The average Bonchev–Trinajstić information content (AvgIpc) is 2.45. The van der Waals surface area contributed by atoms with Gasteiger partial charge in [0, 0.05) is 17.0 Å². The Labute approximate surface area is 126 Å². The predicted molar refractivity (Wildman–Crippen MR) is 77.2 cm³/mol. The summed E-state index contributed by atoms with van der Waals surface area (Å²) >= 11 is 5.74. The molecule has 21 heavy (non-hydrogen) atoms. The Kier molecular flexibility index (Phi) is 4.70. The third-order valence-corrected chi connectivity index (χ3v) is 3.36. The number of hydrogen-bond donors (Lipinski definition) is 1. The first-order valence-corrected chi connectivity index (χ1v) is 6.62. The molecule has 0 saturated carbocycles. The van der Waals surface area contributed by atoms with Crippen molar-refractivity contribution in [1.29, 1.82) is 0 Å². The zero-order valence-electron chi connectivity index (χ0n) is 10.9.